The average molecular weight is 573 g/mol. The van der Waals surface area contributed by atoms with Crippen molar-refractivity contribution in [2.45, 2.75) is 71.3 Å². The number of amides is 1. The molecule has 2 aliphatic heterocycles. The number of benzene rings is 2. The Balaban J connectivity index is 1.85. The van der Waals surface area contributed by atoms with E-state index in [1.54, 1.807) is 6.07 Å². The maximum atomic E-state index is 13.2. The van der Waals surface area contributed by atoms with Gasteiger partial charge in [-0.05, 0) is 91.8 Å². The molecule has 0 radical (unpaired) electrons. The van der Waals surface area contributed by atoms with Crippen molar-refractivity contribution in [2.75, 3.05) is 18.1 Å². The zero-order valence-electron chi connectivity index (χ0n) is 23.3. The minimum Gasteiger partial charge on any atom is -0.491 e. The number of rotatable bonds is 0. The second-order valence-electron chi connectivity index (χ2n) is 11.2. The molecule has 0 saturated carbocycles. The van der Waals surface area contributed by atoms with Crippen LogP contribution in [-0.2, 0) is 23.6 Å². The first-order valence-corrected chi connectivity index (χ1v) is 15.7. The van der Waals surface area contributed by atoms with Crippen LogP contribution in [0.1, 0.15) is 68.4 Å². The molecule has 1 unspecified atom stereocenters. The van der Waals surface area contributed by atoms with Crippen molar-refractivity contribution in [3.63, 3.8) is 0 Å². The highest BCUT2D eigenvalue weighted by Crippen LogP contribution is 2.35. The Kier molecular flexibility index (Phi) is 10.1. The molecular weight excluding hydrogens is 532 g/mol. The first-order chi connectivity index (χ1) is 18.6. The summed E-state index contributed by atoms with van der Waals surface area (Å²) in [6.07, 6.45) is 6.65. The number of anilines is 1. The van der Waals surface area contributed by atoms with Gasteiger partial charge in [0, 0.05) is 39.5 Å². The van der Waals surface area contributed by atoms with Gasteiger partial charge in [0.25, 0.3) is 5.91 Å². The average Bonchev–Trinajstić information content (AvgIpc) is 2.94. The minimum atomic E-state index is -2.09. The summed E-state index contributed by atoms with van der Waals surface area (Å²) in [6, 6.07) is 11.4. The van der Waals surface area contributed by atoms with Crippen LogP contribution in [0.15, 0.2) is 52.9 Å². The Morgan fingerprint density at radius 3 is 2.64 bits per heavy atom. The summed E-state index contributed by atoms with van der Waals surface area (Å²) in [6.45, 7) is 9.90. The van der Waals surface area contributed by atoms with Crippen LogP contribution in [0.2, 0.25) is 5.02 Å². The highest BCUT2D eigenvalue weighted by Gasteiger charge is 2.26. The van der Waals surface area contributed by atoms with Crippen LogP contribution in [0.3, 0.4) is 0 Å². The molecule has 8 heteroatoms. The molecule has 4 rings (SSSR count). The Morgan fingerprint density at radius 2 is 1.85 bits per heavy atom. The predicted molar refractivity (Wildman–Crippen MR) is 160 cm³/mol. The van der Waals surface area contributed by atoms with Gasteiger partial charge in [0.1, 0.15) is 5.75 Å². The highest BCUT2D eigenvalue weighted by molar-refractivity contribution is 7.76. The molecular formula is C31H41ClN2O4S. The molecule has 6 nitrogen and oxygen atoms in total. The van der Waals surface area contributed by atoms with Crippen LogP contribution in [-0.4, -0.2) is 39.7 Å². The molecule has 1 amide bonds. The van der Waals surface area contributed by atoms with E-state index >= 15 is 0 Å². The van der Waals surface area contributed by atoms with E-state index in [-0.39, 0.29) is 23.0 Å². The fourth-order valence-electron chi connectivity index (χ4n) is 5.17. The van der Waals surface area contributed by atoms with Gasteiger partial charge in [0.15, 0.2) is 0 Å². The van der Waals surface area contributed by atoms with Crippen LogP contribution in [0, 0.1) is 17.8 Å². The van der Waals surface area contributed by atoms with E-state index in [2.05, 4.69) is 29.2 Å². The number of carbonyl (C=O) groups is 1. The molecule has 2 aliphatic rings. The van der Waals surface area contributed by atoms with Crippen molar-refractivity contribution < 1.29 is 18.8 Å². The number of aryl methyl sites for hydroxylation is 1. The number of allylic oxidation sites excluding steroid dienone is 1. The number of fused-ring (bicyclic) bond motifs is 2. The Morgan fingerprint density at radius 1 is 1.05 bits per heavy atom. The largest absolute Gasteiger partial charge is 0.491 e. The molecule has 2 aromatic carbocycles. The van der Waals surface area contributed by atoms with E-state index in [1.807, 2.05) is 50.3 Å². The minimum absolute atomic E-state index is 0.00873. The summed E-state index contributed by atoms with van der Waals surface area (Å²) in [7, 11) is -2.09. The number of aliphatic hydroxyl groups is 1. The molecule has 0 fully saturated rings. The maximum absolute atomic E-state index is 13.2. The van der Waals surface area contributed by atoms with Gasteiger partial charge in [-0.1, -0.05) is 50.6 Å². The van der Waals surface area contributed by atoms with E-state index in [0.29, 0.717) is 37.4 Å². The number of hydrogen-bond donors (Lipinski definition) is 2. The normalized spacial score (nSPS) is 30.2. The zero-order chi connectivity index (χ0) is 28.1. The third kappa shape index (κ3) is 7.44. The summed E-state index contributed by atoms with van der Waals surface area (Å²) in [5, 5.41) is 11.5. The Bertz CT molecular complexity index is 1290. The lowest BCUT2D eigenvalue weighted by atomic mass is 9.89. The second kappa shape index (κ2) is 13.3. The molecule has 0 saturated heterocycles. The lowest BCUT2D eigenvalue weighted by Crippen LogP contribution is -2.34. The summed E-state index contributed by atoms with van der Waals surface area (Å²) in [5.41, 5.74) is 3.58. The quantitative estimate of drug-likeness (QED) is 0.279. The monoisotopic (exact) mass is 572 g/mol. The van der Waals surface area contributed by atoms with Crippen molar-refractivity contribution in [1.29, 1.82) is 0 Å². The number of nitrogens with zero attached hydrogens (tertiary/aromatic N) is 2. The number of thiol groups is 1. The molecule has 6 atom stereocenters. The smallest absolute Gasteiger partial charge is 0.284 e. The van der Waals surface area contributed by atoms with Crippen molar-refractivity contribution in [3.05, 3.63) is 70.3 Å². The number of ether oxygens (including phenoxy) is 1. The standard InChI is InChI=1S/C31H41ClN2O4S/c1-20-8-7-10-29(35)22(3)21(2)18-34-19-26-11-13-27(32)16-24(26)9-5-6-15-38-30-14-12-25(17-28(30)34)31(36)33-39(37)23(20)4/h7,10-14,16-17,20-23,29,35,39H,5-6,8-9,15,18-19H2,1-4H3/b10-7+/t20-,21-,22+,23+,29-/m0/s1. The van der Waals surface area contributed by atoms with Gasteiger partial charge in [-0.3, -0.25) is 9.00 Å². The van der Waals surface area contributed by atoms with Gasteiger partial charge in [0.2, 0.25) is 0 Å². The molecule has 2 bridgehead atoms. The molecule has 0 spiro atoms. The van der Waals surface area contributed by atoms with E-state index in [9.17, 15) is 14.1 Å². The van der Waals surface area contributed by atoms with E-state index in [1.165, 1.54) is 11.1 Å². The van der Waals surface area contributed by atoms with E-state index in [4.69, 9.17) is 16.3 Å². The lowest BCUT2D eigenvalue weighted by molar-refractivity contribution is 0.100. The van der Waals surface area contributed by atoms with Crippen LogP contribution >= 0.6 is 11.6 Å². The summed E-state index contributed by atoms with van der Waals surface area (Å²) < 4.78 is 23.4. The first kappa shape index (κ1) is 29.6. The van der Waals surface area contributed by atoms with Gasteiger partial charge < -0.3 is 14.7 Å². The molecule has 1 N–H and O–H groups in total. The van der Waals surface area contributed by atoms with Crippen molar-refractivity contribution in [2.24, 2.45) is 22.1 Å². The number of aliphatic hydroxyl groups excluding tert-OH is 1. The molecule has 0 aliphatic carbocycles. The van der Waals surface area contributed by atoms with Crippen LogP contribution in [0.4, 0.5) is 5.69 Å². The SMILES string of the molecule is C[C@H]1[C@@H](O)/C=C/C[C@H](C)[C@@H](C)/[SH](=O)=N\C(=O)c2ccc3c(c2)N(Cc2ccc(Cl)cc2CCCCO3)C[C@@H]1C. The van der Waals surface area contributed by atoms with Crippen LogP contribution in [0.25, 0.3) is 0 Å². The predicted octanol–water partition coefficient (Wildman–Crippen LogP) is 6.48. The topological polar surface area (TPSA) is 79.2 Å². The van der Waals surface area contributed by atoms with Gasteiger partial charge in [-0.25, -0.2) is 0 Å². The Hall–Kier alpha value is -2.35. The molecule has 0 aromatic heterocycles. The fraction of sp³-hybridized carbons (Fsp3) is 0.516. The summed E-state index contributed by atoms with van der Waals surface area (Å²) >= 11 is 6.37. The molecule has 39 heavy (non-hydrogen) atoms. The highest BCUT2D eigenvalue weighted by atomic mass is 35.5. The molecule has 212 valence electrons. The third-order valence-electron chi connectivity index (χ3n) is 8.32. The summed E-state index contributed by atoms with van der Waals surface area (Å²) in [4.78, 5) is 15.4. The van der Waals surface area contributed by atoms with E-state index in [0.717, 1.165) is 30.0 Å². The molecule has 2 heterocycles. The third-order valence-corrected chi connectivity index (χ3v) is 10.1. The number of carbonyl (C=O) groups excluding carboxylic acids is 1. The van der Waals surface area contributed by atoms with Crippen LogP contribution < -0.4 is 9.64 Å². The van der Waals surface area contributed by atoms with Gasteiger partial charge in [0.05, 0.1) is 18.4 Å². The van der Waals surface area contributed by atoms with Gasteiger partial charge in [-0.2, -0.15) is 4.36 Å². The summed E-state index contributed by atoms with van der Waals surface area (Å²) in [5.74, 6) is 0.404. The van der Waals surface area contributed by atoms with Gasteiger partial charge >= 0.3 is 0 Å². The van der Waals surface area contributed by atoms with Crippen molar-refractivity contribution in [1.82, 2.24) is 0 Å². The van der Waals surface area contributed by atoms with Crippen molar-refractivity contribution >= 4 is 33.8 Å². The van der Waals surface area contributed by atoms with Crippen molar-refractivity contribution in [3.8, 4) is 5.75 Å². The number of halogens is 1. The maximum Gasteiger partial charge on any atom is 0.284 e. The Labute approximate surface area is 239 Å². The van der Waals surface area contributed by atoms with Crippen LogP contribution in [0.5, 0.6) is 5.75 Å². The fourth-order valence-corrected chi connectivity index (χ4v) is 6.39. The molecule has 2 aromatic rings. The second-order valence-corrected chi connectivity index (χ2v) is 13.3. The van der Waals surface area contributed by atoms with E-state index < -0.39 is 22.6 Å². The first-order valence-electron chi connectivity index (χ1n) is 14.0. The van der Waals surface area contributed by atoms with Gasteiger partial charge in [-0.15, -0.1) is 0 Å². The number of hydrogen-bond acceptors (Lipinski definition) is 5. The lowest BCUT2D eigenvalue weighted by Gasteiger charge is -2.33. The zero-order valence-corrected chi connectivity index (χ0v) is 25.0.